The van der Waals surface area contributed by atoms with E-state index in [0.717, 1.165) is 33.4 Å². The van der Waals surface area contributed by atoms with Gasteiger partial charge in [-0.1, -0.05) is 12.1 Å². The molecule has 0 radical (unpaired) electrons. The van der Waals surface area contributed by atoms with Crippen molar-refractivity contribution in [2.24, 2.45) is 9.39 Å². The number of halogens is 3. The van der Waals surface area contributed by atoms with Crippen LogP contribution in [0.2, 0.25) is 0 Å². The Hall–Kier alpha value is -2.46. The smallest absolute Gasteiger partial charge is 0.416 e. The summed E-state index contributed by atoms with van der Waals surface area (Å²) in [5, 5.41) is 9.83. The molecular formula is C22H21F3N2O3S2. The van der Waals surface area contributed by atoms with E-state index in [4.69, 9.17) is 9.84 Å². The fourth-order valence-corrected chi connectivity index (χ4v) is 4.57. The highest BCUT2D eigenvalue weighted by Crippen LogP contribution is 2.30. The molecule has 1 aliphatic rings. The summed E-state index contributed by atoms with van der Waals surface area (Å²) >= 11 is 2.90. The van der Waals surface area contributed by atoms with Crippen LogP contribution >= 0.6 is 23.7 Å². The Balaban J connectivity index is 1.48. The number of aliphatic carboxylic acids is 1. The standard InChI is InChI=1S/C22H21F3N2O3S2/c1-13-11-17(7-8-19(13)30-14(2)21(28)29)31-10-9-20-26-12-18(27-32-20)15-3-5-16(6-4-15)22(23,24)25/h3-8,11,14H,9-10,12H2,1-2H3,(H,28,29). The molecule has 0 saturated carbocycles. The van der Waals surface area contributed by atoms with Crippen molar-refractivity contribution in [3.63, 3.8) is 0 Å². The number of thioether (sulfide) groups is 1. The van der Waals surface area contributed by atoms with Crippen molar-refractivity contribution in [2.75, 3.05) is 12.3 Å². The van der Waals surface area contributed by atoms with Gasteiger partial charge < -0.3 is 9.84 Å². The number of hydrogen-bond acceptors (Lipinski definition) is 6. The molecule has 1 N–H and O–H groups in total. The van der Waals surface area contributed by atoms with E-state index in [1.54, 1.807) is 17.8 Å². The average molecular weight is 483 g/mol. The fourth-order valence-electron chi connectivity index (χ4n) is 2.79. The largest absolute Gasteiger partial charge is 0.479 e. The van der Waals surface area contributed by atoms with Crippen LogP contribution in [0.5, 0.6) is 5.75 Å². The van der Waals surface area contributed by atoms with Crippen LogP contribution < -0.4 is 4.74 Å². The van der Waals surface area contributed by atoms with E-state index in [9.17, 15) is 18.0 Å². The third-order valence-electron chi connectivity index (χ3n) is 4.59. The number of ether oxygens (including phenoxy) is 1. The monoisotopic (exact) mass is 482 g/mol. The van der Waals surface area contributed by atoms with Crippen LogP contribution in [0.3, 0.4) is 0 Å². The van der Waals surface area contributed by atoms with Gasteiger partial charge in [-0.2, -0.15) is 13.2 Å². The van der Waals surface area contributed by atoms with Gasteiger partial charge in [-0.15, -0.1) is 11.8 Å². The molecule has 32 heavy (non-hydrogen) atoms. The number of carboxylic acid groups (broad SMARTS) is 1. The molecule has 0 saturated heterocycles. The van der Waals surface area contributed by atoms with Crippen molar-refractivity contribution in [3.8, 4) is 5.75 Å². The second kappa shape index (κ2) is 10.4. The van der Waals surface area contributed by atoms with E-state index >= 15 is 0 Å². The highest BCUT2D eigenvalue weighted by Gasteiger charge is 2.30. The second-order valence-electron chi connectivity index (χ2n) is 7.04. The lowest BCUT2D eigenvalue weighted by atomic mass is 10.1. The summed E-state index contributed by atoms with van der Waals surface area (Å²) < 4.78 is 47.9. The zero-order chi connectivity index (χ0) is 23.3. The zero-order valence-corrected chi connectivity index (χ0v) is 19.0. The van der Waals surface area contributed by atoms with E-state index in [2.05, 4.69) is 9.39 Å². The maximum atomic E-state index is 12.7. The van der Waals surface area contributed by atoms with Gasteiger partial charge in [-0.25, -0.2) is 9.19 Å². The Morgan fingerprint density at radius 1 is 1.25 bits per heavy atom. The first kappa shape index (κ1) is 24.2. The van der Waals surface area contributed by atoms with Gasteiger partial charge in [0.05, 0.1) is 22.9 Å². The first-order chi connectivity index (χ1) is 15.1. The van der Waals surface area contributed by atoms with Gasteiger partial charge in [0.15, 0.2) is 6.10 Å². The molecule has 2 aromatic carbocycles. The first-order valence-electron chi connectivity index (χ1n) is 9.71. The highest BCUT2D eigenvalue weighted by atomic mass is 32.2. The third-order valence-corrected chi connectivity index (χ3v) is 6.45. The van der Waals surface area contributed by atoms with Crippen LogP contribution in [0, 0.1) is 6.92 Å². The minimum atomic E-state index is -4.35. The van der Waals surface area contributed by atoms with Gasteiger partial charge in [0.1, 0.15) is 5.75 Å². The van der Waals surface area contributed by atoms with Crippen LogP contribution in [-0.2, 0) is 11.0 Å². The minimum absolute atomic E-state index is 0.339. The lowest BCUT2D eigenvalue weighted by molar-refractivity contribution is -0.144. The normalized spacial score (nSPS) is 15.0. The number of hydrogen-bond donors (Lipinski definition) is 1. The van der Waals surface area contributed by atoms with Crippen LogP contribution in [-0.4, -0.2) is 40.2 Å². The molecule has 1 heterocycles. The molecule has 0 aliphatic carbocycles. The predicted octanol–water partition coefficient (Wildman–Crippen LogP) is 5.90. The minimum Gasteiger partial charge on any atom is -0.479 e. The van der Waals surface area contributed by atoms with Crippen molar-refractivity contribution in [1.29, 1.82) is 0 Å². The molecule has 0 fully saturated rings. The van der Waals surface area contributed by atoms with Gasteiger partial charge in [0.25, 0.3) is 0 Å². The van der Waals surface area contributed by atoms with Gasteiger partial charge in [0, 0.05) is 29.0 Å². The zero-order valence-electron chi connectivity index (χ0n) is 17.3. The summed E-state index contributed by atoms with van der Waals surface area (Å²) in [6.07, 6.45) is -4.55. The van der Waals surface area contributed by atoms with Crippen LogP contribution in [0.1, 0.15) is 30.0 Å². The SMILES string of the molecule is Cc1cc(SCCC2=NCC(c3ccc(C(F)(F)F)cc3)=NS2)ccc1OC(C)C(=O)O. The van der Waals surface area contributed by atoms with Crippen LogP contribution in [0.4, 0.5) is 13.2 Å². The van der Waals surface area contributed by atoms with E-state index in [0.29, 0.717) is 30.0 Å². The molecule has 0 amide bonds. The Bertz CT molecular complexity index is 1040. The van der Waals surface area contributed by atoms with Gasteiger partial charge in [-0.05, 0) is 55.3 Å². The lowest BCUT2D eigenvalue weighted by Gasteiger charge is -2.14. The maximum absolute atomic E-state index is 12.7. The molecule has 1 unspecified atom stereocenters. The first-order valence-corrected chi connectivity index (χ1v) is 11.5. The van der Waals surface area contributed by atoms with Gasteiger partial charge in [0.2, 0.25) is 0 Å². The summed E-state index contributed by atoms with van der Waals surface area (Å²) in [5.74, 6) is 0.307. The molecule has 1 atom stereocenters. The number of carbonyl (C=O) groups is 1. The summed E-state index contributed by atoms with van der Waals surface area (Å²) in [5.41, 5.74) is 1.47. The Morgan fingerprint density at radius 2 is 1.97 bits per heavy atom. The number of rotatable bonds is 8. The lowest BCUT2D eigenvalue weighted by Crippen LogP contribution is -2.23. The van der Waals surface area contributed by atoms with Gasteiger partial charge >= 0.3 is 12.1 Å². The Morgan fingerprint density at radius 3 is 2.53 bits per heavy atom. The number of aryl methyl sites for hydroxylation is 1. The van der Waals surface area contributed by atoms with Crippen LogP contribution in [0.25, 0.3) is 0 Å². The predicted molar refractivity (Wildman–Crippen MR) is 122 cm³/mol. The number of carboxylic acids is 1. The Labute approximate surface area is 192 Å². The molecular weight excluding hydrogens is 461 g/mol. The Kier molecular flexibility index (Phi) is 7.89. The number of nitrogens with zero attached hydrogens (tertiary/aromatic N) is 2. The highest BCUT2D eigenvalue weighted by molar-refractivity contribution is 8.13. The summed E-state index contributed by atoms with van der Waals surface area (Å²) in [6, 6.07) is 10.6. The van der Waals surface area contributed by atoms with Crippen molar-refractivity contribution >= 4 is 40.4 Å². The molecule has 1 aliphatic heterocycles. The third kappa shape index (κ3) is 6.52. The second-order valence-corrected chi connectivity index (χ2v) is 9.04. The molecule has 3 rings (SSSR count). The molecule has 2 aromatic rings. The topological polar surface area (TPSA) is 71.2 Å². The van der Waals surface area contributed by atoms with Crippen LogP contribution in [0.15, 0.2) is 56.8 Å². The molecule has 0 bridgehead atoms. The maximum Gasteiger partial charge on any atom is 0.416 e. The number of alkyl halides is 3. The van der Waals surface area contributed by atoms with E-state index < -0.39 is 23.8 Å². The fraction of sp³-hybridized carbons (Fsp3) is 0.318. The summed E-state index contributed by atoms with van der Waals surface area (Å²) in [7, 11) is 0. The van der Waals surface area contributed by atoms with Crippen molar-refractivity contribution < 1.29 is 27.8 Å². The van der Waals surface area contributed by atoms with Crippen molar-refractivity contribution in [3.05, 3.63) is 59.2 Å². The van der Waals surface area contributed by atoms with E-state index in [1.165, 1.54) is 31.0 Å². The molecule has 0 spiro atoms. The molecule has 170 valence electrons. The van der Waals surface area contributed by atoms with Gasteiger partial charge in [-0.3, -0.25) is 4.99 Å². The van der Waals surface area contributed by atoms with E-state index in [1.807, 2.05) is 19.1 Å². The van der Waals surface area contributed by atoms with Crippen molar-refractivity contribution in [1.82, 2.24) is 0 Å². The molecule has 10 heteroatoms. The summed E-state index contributed by atoms with van der Waals surface area (Å²) in [6.45, 7) is 3.69. The summed E-state index contributed by atoms with van der Waals surface area (Å²) in [4.78, 5) is 16.5. The molecule has 5 nitrogen and oxygen atoms in total. The molecule has 0 aromatic heterocycles. The number of benzene rings is 2. The quantitative estimate of drug-likeness (QED) is 0.375. The van der Waals surface area contributed by atoms with Crippen molar-refractivity contribution in [2.45, 2.75) is 37.4 Å². The van der Waals surface area contributed by atoms with E-state index in [-0.39, 0.29) is 0 Å². The average Bonchev–Trinajstić information content (AvgIpc) is 2.75. The number of aliphatic imine (C=N–C) groups is 1.